The van der Waals surface area contributed by atoms with E-state index in [0.29, 0.717) is 6.42 Å². The number of piperazine rings is 1. The largest absolute Gasteiger partial charge is 0.369 e. The minimum atomic E-state index is 0.0620. The highest BCUT2D eigenvalue weighted by atomic mass is 16.1. The first-order valence-electron chi connectivity index (χ1n) is 11.3. The number of benzene rings is 2. The zero-order valence-electron chi connectivity index (χ0n) is 18.7. The van der Waals surface area contributed by atoms with Crippen molar-refractivity contribution in [3.63, 3.8) is 0 Å². The molecule has 0 bridgehead atoms. The summed E-state index contributed by atoms with van der Waals surface area (Å²) < 4.78 is 1.59. The second-order valence-electron chi connectivity index (χ2n) is 8.32. The Kier molecular flexibility index (Phi) is 7.45. The van der Waals surface area contributed by atoms with Crippen LogP contribution in [0.2, 0.25) is 0 Å². The second-order valence-corrected chi connectivity index (χ2v) is 8.32. The van der Waals surface area contributed by atoms with E-state index in [1.807, 2.05) is 24.3 Å². The molecule has 0 saturated carbocycles. The summed E-state index contributed by atoms with van der Waals surface area (Å²) in [6.45, 7) is 8.31. The fourth-order valence-electron chi connectivity index (χ4n) is 4.04. The fraction of sp³-hybridized carbons (Fsp3) is 0.417. The van der Waals surface area contributed by atoms with Crippen LogP contribution in [-0.4, -0.2) is 70.3 Å². The number of rotatable bonds is 9. The van der Waals surface area contributed by atoms with E-state index < -0.39 is 0 Å². The molecule has 2 heterocycles. The summed E-state index contributed by atoms with van der Waals surface area (Å²) in [5, 5.41) is 14.2. The van der Waals surface area contributed by atoms with Crippen LogP contribution < -0.4 is 10.2 Å². The predicted octanol–water partition coefficient (Wildman–Crippen LogP) is 2.23. The van der Waals surface area contributed by atoms with Crippen LogP contribution in [0, 0.1) is 6.92 Å². The summed E-state index contributed by atoms with van der Waals surface area (Å²) in [5.41, 5.74) is 4.50. The molecular weight excluding hydrogens is 402 g/mol. The van der Waals surface area contributed by atoms with Gasteiger partial charge in [-0.3, -0.25) is 9.69 Å². The van der Waals surface area contributed by atoms with E-state index in [-0.39, 0.29) is 5.91 Å². The van der Waals surface area contributed by atoms with Crippen molar-refractivity contribution in [3.8, 4) is 5.69 Å². The number of nitrogens with one attached hydrogen (secondary N) is 1. The van der Waals surface area contributed by atoms with Crippen molar-refractivity contribution in [2.24, 2.45) is 0 Å². The number of nitrogens with zero attached hydrogens (tertiary/aromatic N) is 6. The molecule has 1 aromatic heterocycles. The molecular formula is C24H31N7O. The van der Waals surface area contributed by atoms with Gasteiger partial charge >= 0.3 is 0 Å². The lowest BCUT2D eigenvalue weighted by molar-refractivity contribution is -0.120. The van der Waals surface area contributed by atoms with Crippen LogP contribution in [0.5, 0.6) is 0 Å². The van der Waals surface area contributed by atoms with Crippen molar-refractivity contribution < 1.29 is 4.79 Å². The molecule has 0 atom stereocenters. The maximum absolute atomic E-state index is 12.2. The van der Waals surface area contributed by atoms with Gasteiger partial charge in [-0.25, -0.2) is 4.68 Å². The Morgan fingerprint density at radius 1 is 1.00 bits per heavy atom. The molecule has 8 heteroatoms. The number of amides is 1. The van der Waals surface area contributed by atoms with Gasteiger partial charge in [-0.2, -0.15) is 0 Å². The van der Waals surface area contributed by atoms with Gasteiger partial charge in [0.1, 0.15) is 6.33 Å². The third-order valence-corrected chi connectivity index (χ3v) is 5.88. The highest BCUT2D eigenvalue weighted by Gasteiger charge is 2.16. The van der Waals surface area contributed by atoms with Gasteiger partial charge in [0.15, 0.2) is 0 Å². The number of unbranched alkanes of at least 4 members (excludes halogenated alkanes) is 1. The summed E-state index contributed by atoms with van der Waals surface area (Å²) in [5.74, 6) is 0.0620. The van der Waals surface area contributed by atoms with Crippen LogP contribution in [-0.2, 0) is 11.2 Å². The number of carbonyl (C=O) groups excluding carboxylic acids is 1. The number of tetrazole rings is 1. The lowest BCUT2D eigenvalue weighted by atomic mass is 10.1. The Balaban J connectivity index is 1.09. The van der Waals surface area contributed by atoms with Crippen molar-refractivity contribution in [1.82, 2.24) is 30.4 Å². The molecule has 1 saturated heterocycles. The Bertz CT molecular complexity index is 980. The molecule has 1 fully saturated rings. The average Bonchev–Trinajstić information content (AvgIpc) is 3.35. The summed E-state index contributed by atoms with van der Waals surface area (Å²) >= 11 is 0. The van der Waals surface area contributed by atoms with Crippen LogP contribution in [0.3, 0.4) is 0 Å². The predicted molar refractivity (Wildman–Crippen MR) is 125 cm³/mol. The first-order chi connectivity index (χ1) is 15.7. The van der Waals surface area contributed by atoms with E-state index in [1.54, 1.807) is 11.0 Å². The number of carbonyl (C=O) groups is 1. The SMILES string of the molecule is Cc1cccc(N2CCN(CCCCNC(=O)Cc3ccc(-n4cnnn4)cc3)CC2)c1. The third kappa shape index (κ3) is 6.13. The van der Waals surface area contributed by atoms with Crippen molar-refractivity contribution in [2.45, 2.75) is 26.2 Å². The van der Waals surface area contributed by atoms with Gasteiger partial charge in [0.05, 0.1) is 12.1 Å². The molecule has 4 rings (SSSR count). The summed E-state index contributed by atoms with van der Waals surface area (Å²) in [6.07, 6.45) is 4.04. The third-order valence-electron chi connectivity index (χ3n) is 5.88. The summed E-state index contributed by atoms with van der Waals surface area (Å²) in [4.78, 5) is 17.2. The maximum atomic E-state index is 12.2. The Hall–Kier alpha value is -3.26. The smallest absolute Gasteiger partial charge is 0.224 e. The lowest BCUT2D eigenvalue weighted by Crippen LogP contribution is -2.46. The van der Waals surface area contributed by atoms with Crippen molar-refractivity contribution >= 4 is 11.6 Å². The molecule has 32 heavy (non-hydrogen) atoms. The summed E-state index contributed by atoms with van der Waals surface area (Å²) in [6, 6.07) is 16.5. The van der Waals surface area contributed by atoms with Gasteiger partial charge in [-0.1, -0.05) is 24.3 Å². The summed E-state index contributed by atoms with van der Waals surface area (Å²) in [7, 11) is 0. The minimum Gasteiger partial charge on any atom is -0.369 e. The molecule has 8 nitrogen and oxygen atoms in total. The molecule has 2 aromatic carbocycles. The highest BCUT2D eigenvalue weighted by molar-refractivity contribution is 5.78. The zero-order chi connectivity index (χ0) is 22.2. The first-order valence-corrected chi connectivity index (χ1v) is 11.3. The van der Waals surface area contributed by atoms with Crippen LogP contribution in [0.4, 0.5) is 5.69 Å². The van der Waals surface area contributed by atoms with Crippen LogP contribution in [0.25, 0.3) is 5.69 Å². The molecule has 168 valence electrons. The number of aryl methyl sites for hydroxylation is 1. The Labute approximate surface area is 189 Å². The molecule has 1 aliphatic heterocycles. The molecule has 1 amide bonds. The van der Waals surface area contributed by atoms with Crippen molar-refractivity contribution in [3.05, 3.63) is 66.0 Å². The average molecular weight is 434 g/mol. The second kappa shape index (κ2) is 10.9. The molecule has 0 aliphatic carbocycles. The van der Waals surface area contributed by atoms with E-state index >= 15 is 0 Å². The van der Waals surface area contributed by atoms with Gasteiger partial charge in [-0.15, -0.1) is 5.10 Å². The van der Waals surface area contributed by atoms with Crippen LogP contribution >= 0.6 is 0 Å². The maximum Gasteiger partial charge on any atom is 0.224 e. The van der Waals surface area contributed by atoms with Crippen LogP contribution in [0.1, 0.15) is 24.0 Å². The zero-order valence-corrected chi connectivity index (χ0v) is 18.7. The standard InChI is InChI=1S/C24H31N7O/c1-20-5-4-6-23(17-20)30-15-13-29(14-16-30)12-3-2-11-25-24(32)18-21-7-9-22(10-8-21)31-19-26-27-28-31/h4-10,17,19H,2-3,11-16,18H2,1H3,(H,25,32). The lowest BCUT2D eigenvalue weighted by Gasteiger charge is -2.36. The molecule has 1 aliphatic rings. The first kappa shape index (κ1) is 22.0. The highest BCUT2D eigenvalue weighted by Crippen LogP contribution is 2.18. The molecule has 0 radical (unpaired) electrons. The Morgan fingerprint density at radius 2 is 1.81 bits per heavy atom. The minimum absolute atomic E-state index is 0.0620. The fourth-order valence-corrected chi connectivity index (χ4v) is 4.04. The van der Waals surface area contributed by atoms with Gasteiger partial charge in [0.25, 0.3) is 0 Å². The quantitative estimate of drug-likeness (QED) is 0.522. The number of hydrogen-bond donors (Lipinski definition) is 1. The van der Waals surface area contributed by atoms with E-state index in [4.69, 9.17) is 0 Å². The molecule has 0 spiro atoms. The molecule has 1 N–H and O–H groups in total. The van der Waals surface area contributed by atoms with E-state index in [9.17, 15) is 4.79 Å². The van der Waals surface area contributed by atoms with E-state index in [1.165, 1.54) is 11.3 Å². The molecule has 3 aromatic rings. The molecule has 0 unspecified atom stereocenters. The monoisotopic (exact) mass is 433 g/mol. The van der Waals surface area contributed by atoms with E-state index in [2.05, 4.69) is 61.8 Å². The number of hydrogen-bond acceptors (Lipinski definition) is 6. The van der Waals surface area contributed by atoms with Gasteiger partial charge in [0.2, 0.25) is 5.91 Å². The van der Waals surface area contributed by atoms with Gasteiger partial charge in [-0.05, 0) is 72.1 Å². The van der Waals surface area contributed by atoms with Crippen LogP contribution in [0.15, 0.2) is 54.9 Å². The van der Waals surface area contributed by atoms with Crippen molar-refractivity contribution in [1.29, 1.82) is 0 Å². The number of aromatic nitrogens is 4. The topological polar surface area (TPSA) is 79.2 Å². The van der Waals surface area contributed by atoms with Gasteiger partial charge in [0, 0.05) is 38.4 Å². The normalized spacial score (nSPS) is 14.5. The van der Waals surface area contributed by atoms with Gasteiger partial charge < -0.3 is 10.2 Å². The van der Waals surface area contributed by atoms with Crippen molar-refractivity contribution in [2.75, 3.05) is 44.2 Å². The van der Waals surface area contributed by atoms with E-state index in [0.717, 1.165) is 63.4 Å². The Morgan fingerprint density at radius 3 is 2.53 bits per heavy atom. The number of anilines is 1.